The summed E-state index contributed by atoms with van der Waals surface area (Å²) in [5.74, 6) is -0.488. The maximum Gasteiger partial charge on any atom is 0.238 e. The van der Waals surface area contributed by atoms with Crippen LogP contribution in [0.25, 0.3) is 0 Å². The summed E-state index contributed by atoms with van der Waals surface area (Å²) in [7, 11) is 1.70. The van der Waals surface area contributed by atoms with Crippen LogP contribution in [0.2, 0.25) is 10.0 Å². The standard InChI is InChI=1S/C22H26Cl2N4O2/c1-27(15-21(30)26-22-18(23)6-5-7-19(22)24)14-20(29)25-16-8-10-17(11-9-16)28-12-3-2-4-13-28/h5-11H,2-4,12-15H2,1H3,(H,25,29)(H,26,30). The van der Waals surface area contributed by atoms with E-state index in [2.05, 4.69) is 15.5 Å². The van der Waals surface area contributed by atoms with Gasteiger partial charge in [0.25, 0.3) is 0 Å². The Kier molecular flexibility index (Phi) is 7.96. The Labute approximate surface area is 187 Å². The number of amides is 2. The van der Waals surface area contributed by atoms with Crippen LogP contribution in [0.4, 0.5) is 17.1 Å². The molecule has 6 nitrogen and oxygen atoms in total. The van der Waals surface area contributed by atoms with Crippen LogP contribution in [0.15, 0.2) is 42.5 Å². The van der Waals surface area contributed by atoms with E-state index in [-0.39, 0.29) is 24.9 Å². The number of anilines is 3. The number of carbonyl (C=O) groups is 2. The fourth-order valence-corrected chi connectivity index (χ4v) is 3.94. The molecule has 30 heavy (non-hydrogen) atoms. The first kappa shape index (κ1) is 22.4. The number of halogens is 2. The van der Waals surface area contributed by atoms with E-state index in [1.807, 2.05) is 24.3 Å². The first-order chi connectivity index (χ1) is 14.4. The molecule has 0 atom stereocenters. The molecule has 2 amide bonds. The van der Waals surface area contributed by atoms with E-state index in [0.717, 1.165) is 18.8 Å². The molecule has 0 aliphatic carbocycles. The van der Waals surface area contributed by atoms with Crippen LogP contribution in [0, 0.1) is 0 Å². The molecule has 1 aliphatic heterocycles. The largest absolute Gasteiger partial charge is 0.372 e. The lowest BCUT2D eigenvalue weighted by Gasteiger charge is -2.28. The third-order valence-electron chi connectivity index (χ3n) is 4.93. The Hall–Kier alpha value is -2.28. The van der Waals surface area contributed by atoms with Crippen molar-refractivity contribution >= 4 is 52.1 Å². The minimum atomic E-state index is -0.300. The van der Waals surface area contributed by atoms with Gasteiger partial charge in [0.1, 0.15) is 0 Å². The molecule has 0 aromatic heterocycles. The molecule has 0 saturated carbocycles. The second kappa shape index (κ2) is 10.7. The number of nitrogens with zero attached hydrogens (tertiary/aromatic N) is 2. The van der Waals surface area contributed by atoms with Gasteiger partial charge in [-0.15, -0.1) is 0 Å². The number of nitrogens with one attached hydrogen (secondary N) is 2. The van der Waals surface area contributed by atoms with Crippen LogP contribution >= 0.6 is 23.2 Å². The predicted octanol–water partition coefficient (Wildman–Crippen LogP) is 4.49. The molecule has 0 spiro atoms. The summed E-state index contributed by atoms with van der Waals surface area (Å²) >= 11 is 12.1. The van der Waals surface area contributed by atoms with Gasteiger partial charge in [-0.25, -0.2) is 0 Å². The summed E-state index contributed by atoms with van der Waals surface area (Å²) in [6.45, 7) is 2.27. The molecular formula is C22H26Cl2N4O2. The molecule has 2 aromatic carbocycles. The van der Waals surface area contributed by atoms with Crippen molar-refractivity contribution in [3.8, 4) is 0 Å². The van der Waals surface area contributed by atoms with Gasteiger partial charge in [-0.2, -0.15) is 0 Å². The van der Waals surface area contributed by atoms with E-state index in [4.69, 9.17) is 23.2 Å². The lowest BCUT2D eigenvalue weighted by Crippen LogP contribution is -2.36. The van der Waals surface area contributed by atoms with Crippen LogP contribution in [-0.2, 0) is 9.59 Å². The van der Waals surface area contributed by atoms with Gasteiger partial charge in [0.05, 0.1) is 28.8 Å². The number of hydrogen-bond acceptors (Lipinski definition) is 4. The summed E-state index contributed by atoms with van der Waals surface area (Å²) in [6, 6.07) is 12.9. The minimum absolute atomic E-state index is 0.0306. The normalized spacial score (nSPS) is 13.9. The number of rotatable bonds is 7. The van der Waals surface area contributed by atoms with Crippen LogP contribution < -0.4 is 15.5 Å². The van der Waals surface area contributed by atoms with Gasteiger partial charge in [-0.1, -0.05) is 29.3 Å². The van der Waals surface area contributed by atoms with E-state index in [1.165, 1.54) is 24.9 Å². The van der Waals surface area contributed by atoms with Crippen molar-refractivity contribution < 1.29 is 9.59 Å². The average molecular weight is 449 g/mol. The number of para-hydroxylation sites is 1. The summed E-state index contributed by atoms with van der Waals surface area (Å²) in [4.78, 5) is 28.6. The Morgan fingerprint density at radius 1 is 0.900 bits per heavy atom. The average Bonchev–Trinajstić information content (AvgIpc) is 2.72. The first-order valence-corrected chi connectivity index (χ1v) is 10.8. The summed E-state index contributed by atoms with van der Waals surface area (Å²) in [5, 5.41) is 6.29. The molecular weight excluding hydrogens is 423 g/mol. The van der Waals surface area contributed by atoms with E-state index in [0.29, 0.717) is 15.7 Å². The Balaban J connectivity index is 1.46. The van der Waals surface area contributed by atoms with Gasteiger partial charge in [0, 0.05) is 24.5 Å². The number of carbonyl (C=O) groups excluding carboxylic acids is 2. The summed E-state index contributed by atoms with van der Waals surface area (Å²) in [5.41, 5.74) is 2.29. The second-order valence-corrected chi connectivity index (χ2v) is 8.27. The van der Waals surface area contributed by atoms with Crippen molar-refractivity contribution in [2.45, 2.75) is 19.3 Å². The molecule has 0 radical (unpaired) electrons. The van der Waals surface area contributed by atoms with Gasteiger partial charge in [0.15, 0.2) is 0 Å². The lowest BCUT2D eigenvalue weighted by molar-refractivity contribution is -0.119. The third kappa shape index (κ3) is 6.36. The van der Waals surface area contributed by atoms with Crippen molar-refractivity contribution in [3.05, 3.63) is 52.5 Å². The van der Waals surface area contributed by atoms with Gasteiger partial charge in [0.2, 0.25) is 11.8 Å². The molecule has 3 rings (SSSR count). The topological polar surface area (TPSA) is 64.7 Å². The van der Waals surface area contributed by atoms with E-state index in [9.17, 15) is 9.59 Å². The van der Waals surface area contributed by atoms with Gasteiger partial charge in [-0.3, -0.25) is 14.5 Å². The van der Waals surface area contributed by atoms with Crippen LogP contribution in [0.5, 0.6) is 0 Å². The van der Waals surface area contributed by atoms with E-state index < -0.39 is 0 Å². The molecule has 160 valence electrons. The number of piperidine rings is 1. The second-order valence-electron chi connectivity index (χ2n) is 7.46. The number of likely N-dealkylation sites (N-methyl/N-ethyl adjacent to an activating group) is 1. The first-order valence-electron chi connectivity index (χ1n) is 9.99. The molecule has 1 heterocycles. The Morgan fingerprint density at radius 3 is 2.07 bits per heavy atom. The molecule has 1 aliphatic rings. The SMILES string of the molecule is CN(CC(=O)Nc1ccc(N2CCCCC2)cc1)CC(=O)Nc1c(Cl)cccc1Cl. The van der Waals surface area contributed by atoms with Crippen LogP contribution in [0.1, 0.15) is 19.3 Å². The van der Waals surface area contributed by atoms with Crippen molar-refractivity contribution in [2.24, 2.45) is 0 Å². The highest BCUT2D eigenvalue weighted by atomic mass is 35.5. The van der Waals surface area contributed by atoms with Crippen molar-refractivity contribution in [3.63, 3.8) is 0 Å². The quantitative estimate of drug-likeness (QED) is 0.654. The van der Waals surface area contributed by atoms with Crippen LogP contribution in [0.3, 0.4) is 0 Å². The van der Waals surface area contributed by atoms with E-state index in [1.54, 1.807) is 30.1 Å². The molecule has 0 unspecified atom stereocenters. The highest BCUT2D eigenvalue weighted by Gasteiger charge is 2.15. The minimum Gasteiger partial charge on any atom is -0.372 e. The summed E-state index contributed by atoms with van der Waals surface area (Å²) in [6.07, 6.45) is 3.74. The highest BCUT2D eigenvalue weighted by molar-refractivity contribution is 6.39. The highest BCUT2D eigenvalue weighted by Crippen LogP contribution is 2.29. The number of benzene rings is 2. The zero-order valence-electron chi connectivity index (χ0n) is 17.0. The fraction of sp³-hybridized carbons (Fsp3) is 0.364. The van der Waals surface area contributed by atoms with Crippen molar-refractivity contribution in [1.82, 2.24) is 4.90 Å². The monoisotopic (exact) mass is 448 g/mol. The smallest absolute Gasteiger partial charge is 0.238 e. The van der Waals surface area contributed by atoms with Crippen LogP contribution in [-0.4, -0.2) is 49.9 Å². The fourth-order valence-electron chi connectivity index (χ4n) is 3.45. The Bertz CT molecular complexity index is 863. The predicted molar refractivity (Wildman–Crippen MR) is 124 cm³/mol. The molecule has 2 N–H and O–H groups in total. The molecule has 1 fully saturated rings. The summed E-state index contributed by atoms with van der Waals surface area (Å²) < 4.78 is 0. The van der Waals surface area contributed by atoms with Gasteiger partial charge >= 0.3 is 0 Å². The lowest BCUT2D eigenvalue weighted by atomic mass is 10.1. The van der Waals surface area contributed by atoms with Gasteiger partial charge in [-0.05, 0) is 62.7 Å². The van der Waals surface area contributed by atoms with E-state index >= 15 is 0 Å². The molecule has 1 saturated heterocycles. The molecule has 8 heteroatoms. The van der Waals surface area contributed by atoms with Gasteiger partial charge < -0.3 is 15.5 Å². The Morgan fingerprint density at radius 2 is 1.47 bits per heavy atom. The zero-order chi connectivity index (χ0) is 21.5. The maximum absolute atomic E-state index is 12.3. The molecule has 2 aromatic rings. The number of hydrogen-bond donors (Lipinski definition) is 2. The molecule has 0 bridgehead atoms. The third-order valence-corrected chi connectivity index (χ3v) is 5.56. The zero-order valence-corrected chi connectivity index (χ0v) is 18.5. The maximum atomic E-state index is 12.3. The van der Waals surface area contributed by atoms with Crippen molar-refractivity contribution in [1.29, 1.82) is 0 Å². The van der Waals surface area contributed by atoms with Crippen molar-refractivity contribution in [2.75, 3.05) is 48.8 Å².